The number of amides is 1. The van der Waals surface area contributed by atoms with Gasteiger partial charge in [0.1, 0.15) is 5.82 Å². The summed E-state index contributed by atoms with van der Waals surface area (Å²) >= 11 is 5.88. The van der Waals surface area contributed by atoms with Gasteiger partial charge in [-0.3, -0.25) is 4.79 Å². The van der Waals surface area contributed by atoms with Gasteiger partial charge in [-0.1, -0.05) is 43.5 Å². The first-order valence-electron chi connectivity index (χ1n) is 8.41. The standard InChI is InChI=1S/C19H24ClN3O/c1-2-3-4-11-23-19(24)16-10-13-22-18(14-16)21-12-9-15-5-7-17(20)8-6-15/h5-8,10,13-14H,2-4,9,11-12H2,1H3,(H,21,22)(H,23,24). The van der Waals surface area contributed by atoms with Crippen molar-refractivity contribution in [3.63, 3.8) is 0 Å². The van der Waals surface area contributed by atoms with Crippen LogP contribution in [-0.4, -0.2) is 24.0 Å². The van der Waals surface area contributed by atoms with Crippen molar-refractivity contribution in [2.45, 2.75) is 32.6 Å². The lowest BCUT2D eigenvalue weighted by Gasteiger charge is -2.08. The van der Waals surface area contributed by atoms with E-state index in [0.717, 1.165) is 37.3 Å². The van der Waals surface area contributed by atoms with E-state index in [1.807, 2.05) is 24.3 Å². The van der Waals surface area contributed by atoms with Crippen LogP contribution in [0.1, 0.15) is 42.1 Å². The second kappa shape index (κ2) is 9.93. The number of hydrogen-bond donors (Lipinski definition) is 2. The minimum absolute atomic E-state index is 0.0470. The fourth-order valence-electron chi connectivity index (χ4n) is 2.33. The lowest BCUT2D eigenvalue weighted by atomic mass is 10.1. The van der Waals surface area contributed by atoms with Gasteiger partial charge in [-0.15, -0.1) is 0 Å². The summed E-state index contributed by atoms with van der Waals surface area (Å²) in [4.78, 5) is 16.4. The van der Waals surface area contributed by atoms with Gasteiger partial charge in [0.2, 0.25) is 0 Å². The number of hydrogen-bond acceptors (Lipinski definition) is 3. The number of carbonyl (C=O) groups is 1. The zero-order valence-corrected chi connectivity index (χ0v) is 14.8. The average molecular weight is 346 g/mol. The predicted octanol–water partition coefficient (Wildman–Crippen LogP) is 4.31. The zero-order chi connectivity index (χ0) is 17.2. The van der Waals surface area contributed by atoms with Gasteiger partial charge in [0.15, 0.2) is 0 Å². The van der Waals surface area contributed by atoms with Crippen molar-refractivity contribution >= 4 is 23.3 Å². The monoisotopic (exact) mass is 345 g/mol. The van der Waals surface area contributed by atoms with Crippen LogP contribution in [0.25, 0.3) is 0 Å². The molecule has 24 heavy (non-hydrogen) atoms. The molecule has 5 heteroatoms. The molecule has 0 bridgehead atoms. The highest BCUT2D eigenvalue weighted by molar-refractivity contribution is 6.30. The predicted molar refractivity (Wildman–Crippen MR) is 99.7 cm³/mol. The number of anilines is 1. The molecule has 0 spiro atoms. The van der Waals surface area contributed by atoms with E-state index in [1.165, 1.54) is 5.56 Å². The van der Waals surface area contributed by atoms with Crippen LogP contribution >= 0.6 is 11.6 Å². The Morgan fingerprint density at radius 2 is 1.92 bits per heavy atom. The van der Waals surface area contributed by atoms with Gasteiger partial charge >= 0.3 is 0 Å². The average Bonchev–Trinajstić information content (AvgIpc) is 2.60. The SMILES string of the molecule is CCCCCNC(=O)c1ccnc(NCCc2ccc(Cl)cc2)c1. The molecule has 0 unspecified atom stereocenters. The van der Waals surface area contributed by atoms with Gasteiger partial charge in [-0.2, -0.15) is 0 Å². The molecular weight excluding hydrogens is 322 g/mol. The largest absolute Gasteiger partial charge is 0.370 e. The van der Waals surface area contributed by atoms with Crippen molar-refractivity contribution in [1.29, 1.82) is 0 Å². The third-order valence-corrected chi connectivity index (χ3v) is 3.97. The highest BCUT2D eigenvalue weighted by Gasteiger charge is 2.06. The van der Waals surface area contributed by atoms with Crippen LogP contribution in [0.15, 0.2) is 42.6 Å². The third kappa shape index (κ3) is 6.20. The Balaban J connectivity index is 1.81. The van der Waals surface area contributed by atoms with Crippen LogP contribution in [0, 0.1) is 0 Å². The van der Waals surface area contributed by atoms with Gasteiger partial charge in [0, 0.05) is 29.9 Å². The Morgan fingerprint density at radius 1 is 1.12 bits per heavy atom. The highest BCUT2D eigenvalue weighted by atomic mass is 35.5. The topological polar surface area (TPSA) is 54.0 Å². The maximum Gasteiger partial charge on any atom is 0.251 e. The molecule has 128 valence electrons. The van der Waals surface area contributed by atoms with E-state index in [0.29, 0.717) is 17.9 Å². The van der Waals surface area contributed by atoms with Crippen molar-refractivity contribution in [3.05, 3.63) is 58.7 Å². The Kier molecular flexibility index (Phi) is 7.56. The second-order valence-corrected chi connectivity index (χ2v) is 6.13. The molecule has 2 rings (SSSR count). The molecule has 0 radical (unpaired) electrons. The molecule has 0 aliphatic rings. The quantitative estimate of drug-likeness (QED) is 0.666. The Bertz CT molecular complexity index is 643. The molecule has 0 saturated heterocycles. The molecular formula is C19H24ClN3O. The molecule has 2 aromatic rings. The number of nitrogens with zero attached hydrogens (tertiary/aromatic N) is 1. The second-order valence-electron chi connectivity index (χ2n) is 5.70. The van der Waals surface area contributed by atoms with Gasteiger partial charge in [0.05, 0.1) is 0 Å². The van der Waals surface area contributed by atoms with Crippen LogP contribution in [0.3, 0.4) is 0 Å². The summed E-state index contributed by atoms with van der Waals surface area (Å²) in [5.74, 6) is 0.666. The number of halogens is 1. The molecule has 1 aromatic heterocycles. The van der Waals surface area contributed by atoms with Crippen molar-refractivity contribution in [2.24, 2.45) is 0 Å². The molecule has 1 heterocycles. The molecule has 2 N–H and O–H groups in total. The fourth-order valence-corrected chi connectivity index (χ4v) is 2.46. The molecule has 1 amide bonds. The van der Waals surface area contributed by atoms with E-state index in [9.17, 15) is 4.79 Å². The van der Waals surface area contributed by atoms with Crippen molar-refractivity contribution in [3.8, 4) is 0 Å². The van der Waals surface area contributed by atoms with Crippen molar-refractivity contribution in [1.82, 2.24) is 10.3 Å². The molecule has 0 saturated carbocycles. The van der Waals surface area contributed by atoms with E-state index in [2.05, 4.69) is 22.5 Å². The summed E-state index contributed by atoms with van der Waals surface area (Å²) in [7, 11) is 0. The number of rotatable bonds is 9. The summed E-state index contributed by atoms with van der Waals surface area (Å²) in [5, 5.41) is 6.94. The molecule has 0 aliphatic heterocycles. The number of unbranched alkanes of at least 4 members (excludes halogenated alkanes) is 2. The summed E-state index contributed by atoms with van der Waals surface area (Å²) in [6.45, 7) is 3.61. The van der Waals surface area contributed by atoms with Gasteiger partial charge in [0.25, 0.3) is 5.91 Å². The van der Waals surface area contributed by atoms with E-state index in [4.69, 9.17) is 11.6 Å². The Morgan fingerprint density at radius 3 is 2.67 bits per heavy atom. The van der Waals surface area contributed by atoms with E-state index < -0.39 is 0 Å². The first-order chi connectivity index (χ1) is 11.7. The van der Waals surface area contributed by atoms with Crippen LogP contribution in [0.4, 0.5) is 5.82 Å². The van der Waals surface area contributed by atoms with Crippen LogP contribution in [0.5, 0.6) is 0 Å². The first kappa shape index (κ1) is 18.3. The third-order valence-electron chi connectivity index (χ3n) is 3.72. The lowest BCUT2D eigenvalue weighted by molar-refractivity contribution is 0.0953. The molecule has 4 nitrogen and oxygen atoms in total. The minimum Gasteiger partial charge on any atom is -0.370 e. The molecule has 1 aromatic carbocycles. The molecule has 0 atom stereocenters. The maximum atomic E-state index is 12.1. The summed E-state index contributed by atoms with van der Waals surface area (Å²) < 4.78 is 0. The van der Waals surface area contributed by atoms with Crippen molar-refractivity contribution < 1.29 is 4.79 Å². The van der Waals surface area contributed by atoms with E-state index in [1.54, 1.807) is 18.3 Å². The number of nitrogens with one attached hydrogen (secondary N) is 2. The molecule has 0 fully saturated rings. The number of pyridine rings is 1. The van der Waals surface area contributed by atoms with E-state index >= 15 is 0 Å². The zero-order valence-electron chi connectivity index (χ0n) is 14.0. The van der Waals surface area contributed by atoms with Gasteiger partial charge in [-0.25, -0.2) is 4.98 Å². The Hall–Kier alpha value is -2.07. The minimum atomic E-state index is -0.0470. The van der Waals surface area contributed by atoms with Crippen LogP contribution < -0.4 is 10.6 Å². The summed E-state index contributed by atoms with van der Waals surface area (Å²) in [6.07, 6.45) is 5.82. The van der Waals surface area contributed by atoms with Crippen molar-refractivity contribution in [2.75, 3.05) is 18.4 Å². The van der Waals surface area contributed by atoms with E-state index in [-0.39, 0.29) is 5.91 Å². The number of carbonyl (C=O) groups excluding carboxylic acids is 1. The van der Waals surface area contributed by atoms with Gasteiger partial charge < -0.3 is 10.6 Å². The smallest absolute Gasteiger partial charge is 0.251 e. The maximum absolute atomic E-state index is 12.1. The lowest BCUT2D eigenvalue weighted by Crippen LogP contribution is -2.24. The fraction of sp³-hybridized carbons (Fsp3) is 0.368. The van der Waals surface area contributed by atoms with Crippen LogP contribution in [-0.2, 0) is 6.42 Å². The first-order valence-corrected chi connectivity index (χ1v) is 8.79. The normalized spacial score (nSPS) is 10.4. The van der Waals surface area contributed by atoms with Gasteiger partial charge in [-0.05, 0) is 42.7 Å². The number of aromatic nitrogens is 1. The highest BCUT2D eigenvalue weighted by Crippen LogP contribution is 2.11. The molecule has 0 aliphatic carbocycles. The summed E-state index contributed by atoms with van der Waals surface area (Å²) in [6, 6.07) is 11.3. The summed E-state index contributed by atoms with van der Waals surface area (Å²) in [5.41, 5.74) is 1.84. The van der Waals surface area contributed by atoms with Crippen LogP contribution in [0.2, 0.25) is 5.02 Å². The number of benzene rings is 1. The Labute approximate surface area is 148 Å².